The Balaban J connectivity index is 2.76. The Hall–Kier alpha value is -1.06. The normalized spacial score (nSPS) is 12.8. The van der Waals surface area contributed by atoms with Gasteiger partial charge in [0.25, 0.3) is 0 Å². The zero-order valence-corrected chi connectivity index (χ0v) is 11.8. The SMILES string of the molecule is CCCN(CC(O)C(C)C)c1ccc(CN)cc1. The first-order valence-electron chi connectivity index (χ1n) is 6.80. The number of nitrogens with two attached hydrogens (primary N) is 1. The third kappa shape index (κ3) is 4.31. The number of hydrogen-bond acceptors (Lipinski definition) is 3. The van der Waals surface area contributed by atoms with E-state index in [0.29, 0.717) is 13.1 Å². The molecule has 0 radical (unpaired) electrons. The molecule has 0 aliphatic carbocycles. The van der Waals surface area contributed by atoms with Crippen LogP contribution < -0.4 is 10.6 Å². The lowest BCUT2D eigenvalue weighted by Crippen LogP contribution is -2.35. The van der Waals surface area contributed by atoms with Gasteiger partial charge in [-0.05, 0) is 30.0 Å². The molecular formula is C15H26N2O. The summed E-state index contributed by atoms with van der Waals surface area (Å²) in [6.07, 6.45) is 0.787. The van der Waals surface area contributed by atoms with Crippen molar-refractivity contribution in [1.82, 2.24) is 0 Å². The molecule has 1 unspecified atom stereocenters. The van der Waals surface area contributed by atoms with Crippen LogP contribution in [0.5, 0.6) is 0 Å². The third-order valence-electron chi connectivity index (χ3n) is 3.21. The summed E-state index contributed by atoms with van der Waals surface area (Å²) in [7, 11) is 0. The van der Waals surface area contributed by atoms with Crippen LogP contribution >= 0.6 is 0 Å². The van der Waals surface area contributed by atoms with E-state index < -0.39 is 0 Å². The highest BCUT2D eigenvalue weighted by Gasteiger charge is 2.14. The van der Waals surface area contributed by atoms with Gasteiger partial charge in [0, 0.05) is 25.3 Å². The highest BCUT2D eigenvalue weighted by Crippen LogP contribution is 2.17. The maximum absolute atomic E-state index is 10.0. The van der Waals surface area contributed by atoms with Crippen LogP contribution in [-0.4, -0.2) is 24.3 Å². The van der Waals surface area contributed by atoms with Crippen LogP contribution in [0.3, 0.4) is 0 Å². The van der Waals surface area contributed by atoms with Crippen LogP contribution in [0.2, 0.25) is 0 Å². The van der Waals surface area contributed by atoms with E-state index in [1.165, 1.54) is 0 Å². The van der Waals surface area contributed by atoms with Gasteiger partial charge in [0.2, 0.25) is 0 Å². The Morgan fingerprint density at radius 1 is 1.22 bits per heavy atom. The number of aliphatic hydroxyl groups excluding tert-OH is 1. The average molecular weight is 250 g/mol. The van der Waals surface area contributed by atoms with Crippen LogP contribution in [0.1, 0.15) is 32.8 Å². The fraction of sp³-hybridized carbons (Fsp3) is 0.600. The summed E-state index contributed by atoms with van der Waals surface area (Å²) in [5, 5.41) is 10.0. The van der Waals surface area contributed by atoms with Gasteiger partial charge in [-0.25, -0.2) is 0 Å². The maximum Gasteiger partial charge on any atom is 0.0737 e. The van der Waals surface area contributed by atoms with Crippen molar-refractivity contribution in [2.24, 2.45) is 11.7 Å². The van der Waals surface area contributed by atoms with Gasteiger partial charge in [-0.15, -0.1) is 0 Å². The van der Waals surface area contributed by atoms with E-state index in [-0.39, 0.29) is 12.0 Å². The summed E-state index contributed by atoms with van der Waals surface area (Å²) in [6.45, 7) is 8.48. The van der Waals surface area contributed by atoms with Crippen molar-refractivity contribution in [2.75, 3.05) is 18.0 Å². The second-order valence-electron chi connectivity index (χ2n) is 5.13. The lowest BCUT2D eigenvalue weighted by atomic mass is 10.1. The molecule has 3 nitrogen and oxygen atoms in total. The second kappa shape index (κ2) is 7.39. The molecule has 1 rings (SSSR count). The Morgan fingerprint density at radius 2 is 1.83 bits per heavy atom. The number of anilines is 1. The molecule has 3 N–H and O–H groups in total. The molecule has 0 saturated carbocycles. The molecule has 1 aromatic carbocycles. The van der Waals surface area contributed by atoms with Gasteiger partial charge in [-0.2, -0.15) is 0 Å². The zero-order chi connectivity index (χ0) is 13.5. The molecular weight excluding hydrogens is 224 g/mol. The summed E-state index contributed by atoms with van der Waals surface area (Å²) in [5.74, 6) is 0.285. The molecule has 0 aliphatic rings. The summed E-state index contributed by atoms with van der Waals surface area (Å²) in [5.41, 5.74) is 7.90. The number of nitrogens with zero attached hydrogens (tertiary/aromatic N) is 1. The van der Waals surface area contributed by atoms with Crippen LogP contribution in [0.4, 0.5) is 5.69 Å². The van der Waals surface area contributed by atoms with Crippen LogP contribution in [0, 0.1) is 5.92 Å². The standard InChI is InChI=1S/C15H26N2O/c1-4-9-17(11-15(18)12(2)3)14-7-5-13(10-16)6-8-14/h5-8,12,15,18H,4,9-11,16H2,1-3H3. The topological polar surface area (TPSA) is 49.5 Å². The number of benzene rings is 1. The summed E-state index contributed by atoms with van der Waals surface area (Å²) >= 11 is 0. The van der Waals surface area contributed by atoms with Gasteiger partial charge >= 0.3 is 0 Å². The summed E-state index contributed by atoms with van der Waals surface area (Å²) in [6, 6.07) is 8.29. The fourth-order valence-electron chi connectivity index (χ4n) is 1.88. The van der Waals surface area contributed by atoms with Crippen molar-refractivity contribution in [1.29, 1.82) is 0 Å². The van der Waals surface area contributed by atoms with Crippen LogP contribution in [0.25, 0.3) is 0 Å². The Labute approximate surface area is 111 Å². The van der Waals surface area contributed by atoms with Gasteiger partial charge in [-0.1, -0.05) is 32.9 Å². The zero-order valence-electron chi connectivity index (χ0n) is 11.8. The predicted molar refractivity (Wildman–Crippen MR) is 77.7 cm³/mol. The van der Waals surface area contributed by atoms with Crippen molar-refractivity contribution < 1.29 is 5.11 Å². The molecule has 0 amide bonds. The van der Waals surface area contributed by atoms with Gasteiger partial charge < -0.3 is 15.7 Å². The third-order valence-corrected chi connectivity index (χ3v) is 3.21. The lowest BCUT2D eigenvalue weighted by Gasteiger charge is -2.28. The first-order chi connectivity index (χ1) is 8.58. The van der Waals surface area contributed by atoms with E-state index in [1.54, 1.807) is 0 Å². The fourth-order valence-corrected chi connectivity index (χ4v) is 1.88. The summed E-state index contributed by atoms with van der Waals surface area (Å²) < 4.78 is 0. The molecule has 0 fully saturated rings. The largest absolute Gasteiger partial charge is 0.391 e. The average Bonchev–Trinajstić information content (AvgIpc) is 2.38. The second-order valence-corrected chi connectivity index (χ2v) is 5.13. The van der Waals surface area contributed by atoms with E-state index in [2.05, 4.69) is 36.1 Å². The molecule has 0 aromatic heterocycles. The highest BCUT2D eigenvalue weighted by atomic mass is 16.3. The Morgan fingerprint density at radius 3 is 2.28 bits per heavy atom. The molecule has 0 aliphatic heterocycles. The lowest BCUT2D eigenvalue weighted by molar-refractivity contribution is 0.131. The smallest absolute Gasteiger partial charge is 0.0737 e. The monoisotopic (exact) mass is 250 g/mol. The molecule has 18 heavy (non-hydrogen) atoms. The van der Waals surface area contributed by atoms with Gasteiger partial charge in [-0.3, -0.25) is 0 Å². The number of rotatable bonds is 7. The van der Waals surface area contributed by atoms with E-state index in [1.807, 2.05) is 13.8 Å². The predicted octanol–water partition coefficient (Wildman–Crippen LogP) is 2.38. The van der Waals surface area contributed by atoms with E-state index >= 15 is 0 Å². The van der Waals surface area contributed by atoms with Crippen molar-refractivity contribution >= 4 is 5.69 Å². The van der Waals surface area contributed by atoms with Gasteiger partial charge in [0.05, 0.1) is 6.10 Å². The van der Waals surface area contributed by atoms with E-state index in [9.17, 15) is 5.11 Å². The van der Waals surface area contributed by atoms with Crippen molar-refractivity contribution in [3.63, 3.8) is 0 Å². The molecule has 0 bridgehead atoms. The quantitative estimate of drug-likeness (QED) is 0.781. The number of aliphatic hydroxyl groups is 1. The van der Waals surface area contributed by atoms with Gasteiger partial charge in [0.1, 0.15) is 0 Å². The molecule has 0 saturated heterocycles. The Kier molecular flexibility index (Phi) is 6.16. The van der Waals surface area contributed by atoms with E-state index in [0.717, 1.165) is 24.2 Å². The minimum Gasteiger partial charge on any atom is -0.391 e. The minimum absolute atomic E-state index is 0.285. The van der Waals surface area contributed by atoms with Crippen LogP contribution in [-0.2, 0) is 6.54 Å². The molecule has 1 aromatic rings. The summed E-state index contributed by atoms with van der Waals surface area (Å²) in [4.78, 5) is 2.24. The van der Waals surface area contributed by atoms with Crippen LogP contribution in [0.15, 0.2) is 24.3 Å². The molecule has 1 atom stereocenters. The highest BCUT2D eigenvalue weighted by molar-refractivity contribution is 5.47. The minimum atomic E-state index is -0.286. The number of hydrogen-bond donors (Lipinski definition) is 2. The van der Waals surface area contributed by atoms with Crippen molar-refractivity contribution in [3.05, 3.63) is 29.8 Å². The first kappa shape index (κ1) is 15.0. The molecule has 102 valence electrons. The van der Waals surface area contributed by atoms with Crippen molar-refractivity contribution in [3.8, 4) is 0 Å². The molecule has 0 spiro atoms. The Bertz CT molecular complexity index is 335. The van der Waals surface area contributed by atoms with Gasteiger partial charge in [0.15, 0.2) is 0 Å². The van der Waals surface area contributed by atoms with E-state index in [4.69, 9.17) is 5.73 Å². The molecule has 0 heterocycles. The van der Waals surface area contributed by atoms with Crippen molar-refractivity contribution in [2.45, 2.75) is 39.8 Å². The maximum atomic E-state index is 10.0. The molecule has 3 heteroatoms. The first-order valence-corrected chi connectivity index (χ1v) is 6.80.